The van der Waals surface area contributed by atoms with Gasteiger partial charge in [0.2, 0.25) is 0 Å². The van der Waals surface area contributed by atoms with E-state index in [0.717, 1.165) is 56.6 Å². The predicted molar refractivity (Wildman–Crippen MR) is 280 cm³/mol. The fraction of sp³-hybridized carbons (Fsp3) is 0. The highest BCUT2D eigenvalue weighted by atomic mass is 15.1. The molecule has 0 saturated carbocycles. The third-order valence-corrected chi connectivity index (χ3v) is 12.7. The highest BCUT2D eigenvalue weighted by Crippen LogP contribution is 2.39. The second-order valence-corrected chi connectivity index (χ2v) is 16.6. The van der Waals surface area contributed by atoms with Gasteiger partial charge in [-0.15, -0.1) is 0 Å². The van der Waals surface area contributed by atoms with Crippen LogP contribution in [0.1, 0.15) is 11.1 Å². The molecule has 0 atom stereocenters. The summed E-state index contributed by atoms with van der Waals surface area (Å²) in [6, 6.07) is 91.3. The number of nitrogens with zero attached hydrogens (tertiary/aromatic N) is 4. The number of anilines is 6. The van der Waals surface area contributed by atoms with Crippen LogP contribution in [0.2, 0.25) is 0 Å². The van der Waals surface area contributed by atoms with Gasteiger partial charge in [0, 0.05) is 67.0 Å². The number of hydrogen-bond donors (Lipinski definition) is 0. The first-order valence-electron chi connectivity index (χ1n) is 22.5. The Labute approximate surface area is 384 Å². The Morgan fingerprint density at radius 1 is 0.227 bits per heavy atom. The summed E-state index contributed by atoms with van der Waals surface area (Å²) >= 11 is 0. The molecule has 0 aliphatic carbocycles. The summed E-state index contributed by atoms with van der Waals surface area (Å²) in [5.74, 6) is 0. The second-order valence-electron chi connectivity index (χ2n) is 16.6. The van der Waals surface area contributed by atoms with Gasteiger partial charge in [-0.2, -0.15) is 0 Å². The Hall–Kier alpha value is -8.86. The zero-order valence-electron chi connectivity index (χ0n) is 36.2. The Bertz CT molecular complexity index is 3310. The Kier molecular flexibility index (Phi) is 9.81. The monoisotopic (exact) mass is 844 g/mol. The van der Waals surface area contributed by atoms with Crippen LogP contribution in [0.25, 0.3) is 67.1 Å². The van der Waals surface area contributed by atoms with E-state index in [1.54, 1.807) is 0 Å². The average molecular weight is 845 g/mol. The van der Waals surface area contributed by atoms with Crippen molar-refractivity contribution in [3.05, 3.63) is 266 Å². The van der Waals surface area contributed by atoms with Crippen LogP contribution in [-0.2, 0) is 0 Å². The Balaban J connectivity index is 0.806. The van der Waals surface area contributed by atoms with Crippen LogP contribution < -0.4 is 9.80 Å². The van der Waals surface area contributed by atoms with E-state index >= 15 is 0 Å². The van der Waals surface area contributed by atoms with Crippen molar-refractivity contribution in [2.24, 2.45) is 0 Å². The van der Waals surface area contributed by atoms with E-state index in [9.17, 15) is 0 Å². The number of benzene rings is 10. The van der Waals surface area contributed by atoms with Gasteiger partial charge in [-0.05, 0) is 132 Å². The molecular formula is C62H44N4. The Morgan fingerprint density at radius 2 is 0.470 bits per heavy atom. The van der Waals surface area contributed by atoms with Crippen molar-refractivity contribution in [2.45, 2.75) is 0 Å². The summed E-state index contributed by atoms with van der Waals surface area (Å²) in [5, 5.41) is 5.05. The van der Waals surface area contributed by atoms with Gasteiger partial charge < -0.3 is 18.9 Å². The number of aromatic nitrogens is 2. The topological polar surface area (TPSA) is 16.3 Å². The van der Waals surface area contributed by atoms with Crippen molar-refractivity contribution in [3.63, 3.8) is 0 Å². The molecule has 0 aliphatic heterocycles. The van der Waals surface area contributed by atoms with E-state index in [-0.39, 0.29) is 0 Å². The lowest BCUT2D eigenvalue weighted by Gasteiger charge is -2.26. The zero-order chi connectivity index (χ0) is 43.8. The number of rotatable bonds is 10. The molecular weight excluding hydrogens is 801 g/mol. The van der Waals surface area contributed by atoms with Gasteiger partial charge in [-0.1, -0.05) is 146 Å². The van der Waals surface area contributed by atoms with Crippen molar-refractivity contribution in [1.82, 2.24) is 9.13 Å². The fourth-order valence-corrected chi connectivity index (χ4v) is 9.61. The van der Waals surface area contributed by atoms with Crippen molar-refractivity contribution in [3.8, 4) is 11.4 Å². The average Bonchev–Trinajstić information content (AvgIpc) is 3.91. The molecule has 0 N–H and O–H groups in total. The van der Waals surface area contributed by atoms with Gasteiger partial charge in [-0.25, -0.2) is 0 Å². The maximum atomic E-state index is 2.36. The van der Waals surface area contributed by atoms with E-state index in [1.807, 2.05) is 0 Å². The quantitative estimate of drug-likeness (QED) is 0.128. The standard InChI is InChI=1S/C62H44N4/c1-3-15-47(16-4-1)63(51-37-41-53(42-38-51)65-59-23-11-7-19-55(59)56-20-8-12-24-60(56)65)49-33-29-45(30-34-49)27-28-46-31-35-50(36-32-46)64(48-17-5-2-6-18-48)52-39-43-54(44-40-52)66-61-25-13-9-21-57(61)58-22-10-14-26-62(58)66/h1-44H. The van der Waals surface area contributed by atoms with Crippen molar-refractivity contribution < 1.29 is 0 Å². The maximum Gasteiger partial charge on any atom is 0.0541 e. The molecule has 2 heterocycles. The van der Waals surface area contributed by atoms with Gasteiger partial charge >= 0.3 is 0 Å². The zero-order valence-corrected chi connectivity index (χ0v) is 36.2. The maximum absolute atomic E-state index is 2.36. The van der Waals surface area contributed by atoms with Gasteiger partial charge in [0.05, 0.1) is 22.1 Å². The molecule has 0 unspecified atom stereocenters. The summed E-state index contributed by atoms with van der Waals surface area (Å²) in [5.41, 5.74) is 15.9. The van der Waals surface area contributed by atoms with Gasteiger partial charge in [0.25, 0.3) is 0 Å². The minimum Gasteiger partial charge on any atom is -0.311 e. The van der Waals surface area contributed by atoms with Crippen LogP contribution in [0.4, 0.5) is 34.1 Å². The normalized spacial score (nSPS) is 11.6. The first-order valence-corrected chi connectivity index (χ1v) is 22.5. The first kappa shape index (κ1) is 38.8. The molecule has 2 aromatic heterocycles. The molecule has 12 aromatic rings. The fourth-order valence-electron chi connectivity index (χ4n) is 9.61. The van der Waals surface area contributed by atoms with Crippen molar-refractivity contribution in [2.75, 3.05) is 9.80 Å². The molecule has 0 radical (unpaired) electrons. The largest absolute Gasteiger partial charge is 0.311 e. The summed E-state index contributed by atoms with van der Waals surface area (Å²) < 4.78 is 4.73. The van der Waals surface area contributed by atoms with Crippen molar-refractivity contribution in [1.29, 1.82) is 0 Å². The molecule has 0 saturated heterocycles. The van der Waals surface area contributed by atoms with E-state index in [4.69, 9.17) is 0 Å². The molecule has 312 valence electrons. The number of para-hydroxylation sites is 6. The minimum atomic E-state index is 1.09. The van der Waals surface area contributed by atoms with E-state index in [0.29, 0.717) is 0 Å². The predicted octanol–water partition coefficient (Wildman–Crippen LogP) is 17.0. The molecule has 4 heteroatoms. The van der Waals surface area contributed by atoms with Gasteiger partial charge in [0.1, 0.15) is 0 Å². The first-order chi connectivity index (χ1) is 32.7. The minimum absolute atomic E-state index is 1.09. The molecule has 12 rings (SSSR count). The third kappa shape index (κ3) is 6.98. The van der Waals surface area contributed by atoms with Crippen LogP contribution in [0.3, 0.4) is 0 Å². The summed E-state index contributed by atoms with van der Waals surface area (Å²) in [6.45, 7) is 0. The van der Waals surface area contributed by atoms with Crippen molar-refractivity contribution >= 4 is 89.9 Å². The molecule has 0 amide bonds. The van der Waals surface area contributed by atoms with Crippen LogP contribution in [0.5, 0.6) is 0 Å². The van der Waals surface area contributed by atoms with Crippen LogP contribution in [0.15, 0.2) is 255 Å². The van der Waals surface area contributed by atoms with Gasteiger partial charge in [0.15, 0.2) is 0 Å². The van der Waals surface area contributed by atoms with Crippen LogP contribution in [0, 0.1) is 0 Å². The smallest absolute Gasteiger partial charge is 0.0541 e. The SMILES string of the molecule is C(=Cc1ccc(N(c2ccccc2)c2ccc(-n3c4ccccc4c4ccccc43)cc2)cc1)c1ccc(N(c2ccccc2)c2ccc(-n3c4ccccc4c4ccccc43)cc2)cc1. The van der Waals surface area contributed by atoms with E-state index in [1.165, 1.54) is 43.6 Å². The molecule has 10 aromatic carbocycles. The lowest BCUT2D eigenvalue weighted by molar-refractivity contribution is 1.17. The molecule has 0 spiro atoms. The summed E-state index contributed by atoms with van der Waals surface area (Å²) in [6.07, 6.45) is 4.38. The number of fused-ring (bicyclic) bond motifs is 6. The molecule has 4 nitrogen and oxygen atoms in total. The lowest BCUT2D eigenvalue weighted by Crippen LogP contribution is -2.10. The molecule has 0 bridgehead atoms. The number of hydrogen-bond acceptors (Lipinski definition) is 2. The molecule has 0 fully saturated rings. The highest BCUT2D eigenvalue weighted by Gasteiger charge is 2.17. The second kappa shape index (κ2) is 16.7. The highest BCUT2D eigenvalue weighted by molar-refractivity contribution is 6.10. The summed E-state index contributed by atoms with van der Waals surface area (Å²) in [4.78, 5) is 4.64. The van der Waals surface area contributed by atoms with E-state index in [2.05, 4.69) is 286 Å². The Morgan fingerprint density at radius 3 is 0.773 bits per heavy atom. The van der Waals surface area contributed by atoms with E-state index < -0.39 is 0 Å². The lowest BCUT2D eigenvalue weighted by atomic mass is 10.1. The molecule has 66 heavy (non-hydrogen) atoms. The van der Waals surface area contributed by atoms with Gasteiger partial charge in [-0.3, -0.25) is 0 Å². The van der Waals surface area contributed by atoms with Crippen LogP contribution in [-0.4, -0.2) is 9.13 Å². The molecule has 0 aliphatic rings. The van der Waals surface area contributed by atoms with Crippen LogP contribution >= 0.6 is 0 Å². The third-order valence-electron chi connectivity index (χ3n) is 12.7. The summed E-state index contributed by atoms with van der Waals surface area (Å²) in [7, 11) is 0.